The van der Waals surface area contributed by atoms with Gasteiger partial charge in [0.2, 0.25) is 0 Å². The van der Waals surface area contributed by atoms with Gasteiger partial charge in [0.05, 0.1) is 6.04 Å². The fourth-order valence-electron chi connectivity index (χ4n) is 2.56. The fraction of sp³-hybridized carbons (Fsp3) is 0.538. The predicted octanol–water partition coefficient (Wildman–Crippen LogP) is 2.70. The van der Waals surface area contributed by atoms with Gasteiger partial charge < -0.3 is 9.88 Å². The van der Waals surface area contributed by atoms with Crippen LogP contribution in [-0.4, -0.2) is 14.8 Å². The summed E-state index contributed by atoms with van der Waals surface area (Å²) in [7, 11) is 0. The molecule has 96 valence electrons. The van der Waals surface area contributed by atoms with Gasteiger partial charge in [0.15, 0.2) is 0 Å². The lowest BCUT2D eigenvalue weighted by atomic mass is 10.2. The molecule has 0 amide bonds. The molecule has 2 unspecified atom stereocenters. The van der Waals surface area contributed by atoms with Crippen LogP contribution in [0.25, 0.3) is 0 Å². The maximum absolute atomic E-state index is 4.33. The first-order valence-corrected chi connectivity index (χ1v) is 7.35. The smallest absolute Gasteiger partial charge is 0.149 e. The number of aromatic nitrogens is 3. The summed E-state index contributed by atoms with van der Waals surface area (Å²) in [5, 5.41) is 14.3. The average molecular weight is 262 g/mol. The van der Waals surface area contributed by atoms with Gasteiger partial charge in [-0.25, -0.2) is 0 Å². The summed E-state index contributed by atoms with van der Waals surface area (Å²) < 4.78 is 2.26. The molecule has 1 aliphatic heterocycles. The first-order chi connectivity index (χ1) is 8.75. The van der Waals surface area contributed by atoms with Crippen molar-refractivity contribution >= 4 is 11.3 Å². The van der Waals surface area contributed by atoms with Gasteiger partial charge in [-0.2, -0.15) is 0 Å². The Morgan fingerprint density at radius 3 is 3.00 bits per heavy atom. The molecule has 2 aromatic rings. The Hall–Kier alpha value is -1.20. The van der Waals surface area contributed by atoms with Crippen LogP contribution in [0, 0.1) is 0 Å². The maximum Gasteiger partial charge on any atom is 0.149 e. The summed E-state index contributed by atoms with van der Waals surface area (Å²) in [5.74, 6) is 2.22. The molecule has 0 radical (unpaired) electrons. The maximum atomic E-state index is 4.33. The minimum Gasteiger partial charge on any atom is -0.314 e. The van der Waals surface area contributed by atoms with Crippen molar-refractivity contribution in [2.45, 2.75) is 45.3 Å². The number of nitrogens with one attached hydrogen (secondary N) is 1. The topological polar surface area (TPSA) is 42.7 Å². The molecule has 0 aromatic carbocycles. The molecule has 2 aromatic heterocycles. The molecule has 0 saturated carbocycles. The van der Waals surface area contributed by atoms with E-state index in [1.807, 2.05) is 0 Å². The number of nitrogens with zero attached hydrogens (tertiary/aromatic N) is 3. The highest BCUT2D eigenvalue weighted by atomic mass is 32.1. The van der Waals surface area contributed by atoms with Crippen LogP contribution in [0.5, 0.6) is 0 Å². The van der Waals surface area contributed by atoms with Crippen molar-refractivity contribution in [3.8, 4) is 0 Å². The molecule has 3 rings (SSSR count). The first-order valence-electron chi connectivity index (χ1n) is 6.47. The van der Waals surface area contributed by atoms with E-state index in [2.05, 4.69) is 51.4 Å². The Balaban J connectivity index is 1.73. The standard InChI is InChI=1S/C13H18N4S/c1-9(11-5-4-8-18-11)14-10(2)13-16-15-12-6-3-7-17(12)13/h4-5,8-10,14H,3,6-7H2,1-2H3. The lowest BCUT2D eigenvalue weighted by Gasteiger charge is -2.18. The summed E-state index contributed by atoms with van der Waals surface area (Å²) in [4.78, 5) is 1.36. The van der Waals surface area contributed by atoms with Gasteiger partial charge in [-0.05, 0) is 31.7 Å². The van der Waals surface area contributed by atoms with Gasteiger partial charge in [-0.1, -0.05) is 6.07 Å². The van der Waals surface area contributed by atoms with Crippen LogP contribution in [-0.2, 0) is 13.0 Å². The van der Waals surface area contributed by atoms with E-state index in [1.54, 1.807) is 11.3 Å². The molecule has 3 heterocycles. The van der Waals surface area contributed by atoms with Gasteiger partial charge in [0, 0.05) is 23.9 Å². The number of hydrogen-bond donors (Lipinski definition) is 1. The SMILES string of the molecule is CC(NC(C)c1nnc2n1CCC2)c1cccs1. The Kier molecular flexibility index (Phi) is 3.18. The predicted molar refractivity (Wildman–Crippen MR) is 72.6 cm³/mol. The molecule has 1 aliphatic rings. The highest BCUT2D eigenvalue weighted by Crippen LogP contribution is 2.24. The van der Waals surface area contributed by atoms with Crippen LogP contribution in [0.15, 0.2) is 17.5 Å². The summed E-state index contributed by atoms with van der Waals surface area (Å²) in [6.07, 6.45) is 2.27. The highest BCUT2D eigenvalue weighted by Gasteiger charge is 2.22. The van der Waals surface area contributed by atoms with E-state index in [4.69, 9.17) is 0 Å². The van der Waals surface area contributed by atoms with E-state index in [9.17, 15) is 0 Å². The molecule has 1 N–H and O–H groups in total. The molecule has 0 aliphatic carbocycles. The number of hydrogen-bond acceptors (Lipinski definition) is 4. The van der Waals surface area contributed by atoms with E-state index >= 15 is 0 Å². The Labute approximate surface area is 111 Å². The van der Waals surface area contributed by atoms with Crippen molar-refractivity contribution in [2.75, 3.05) is 0 Å². The number of rotatable bonds is 4. The van der Waals surface area contributed by atoms with Crippen LogP contribution in [0.4, 0.5) is 0 Å². The second-order valence-electron chi connectivity index (χ2n) is 4.86. The minimum atomic E-state index is 0.237. The van der Waals surface area contributed by atoms with Crippen molar-refractivity contribution in [1.29, 1.82) is 0 Å². The normalized spacial score (nSPS) is 17.7. The van der Waals surface area contributed by atoms with E-state index in [-0.39, 0.29) is 6.04 Å². The molecule has 18 heavy (non-hydrogen) atoms. The van der Waals surface area contributed by atoms with Gasteiger partial charge in [-0.15, -0.1) is 21.5 Å². The van der Waals surface area contributed by atoms with Crippen LogP contribution >= 0.6 is 11.3 Å². The van der Waals surface area contributed by atoms with E-state index in [0.29, 0.717) is 6.04 Å². The third-order valence-electron chi connectivity index (χ3n) is 3.50. The van der Waals surface area contributed by atoms with E-state index < -0.39 is 0 Å². The second-order valence-corrected chi connectivity index (χ2v) is 5.83. The van der Waals surface area contributed by atoms with Crippen molar-refractivity contribution in [3.05, 3.63) is 34.0 Å². The monoisotopic (exact) mass is 262 g/mol. The number of fused-ring (bicyclic) bond motifs is 1. The minimum absolute atomic E-state index is 0.237. The van der Waals surface area contributed by atoms with Gasteiger partial charge in [0.1, 0.15) is 11.6 Å². The Morgan fingerprint density at radius 2 is 2.22 bits per heavy atom. The highest BCUT2D eigenvalue weighted by molar-refractivity contribution is 7.10. The molecular weight excluding hydrogens is 244 g/mol. The number of aryl methyl sites for hydroxylation is 1. The molecule has 4 nitrogen and oxygen atoms in total. The second kappa shape index (κ2) is 4.82. The zero-order valence-electron chi connectivity index (χ0n) is 10.8. The lowest BCUT2D eigenvalue weighted by Crippen LogP contribution is -2.24. The number of thiophene rings is 1. The third kappa shape index (κ3) is 2.08. The fourth-order valence-corrected chi connectivity index (χ4v) is 3.31. The largest absolute Gasteiger partial charge is 0.314 e. The molecule has 0 fully saturated rings. The van der Waals surface area contributed by atoms with Crippen molar-refractivity contribution in [3.63, 3.8) is 0 Å². The van der Waals surface area contributed by atoms with Crippen LogP contribution in [0.3, 0.4) is 0 Å². The molecule has 0 bridgehead atoms. The lowest BCUT2D eigenvalue weighted by molar-refractivity contribution is 0.463. The molecule has 2 atom stereocenters. The Bertz CT molecular complexity index is 517. The average Bonchev–Trinajstić information content (AvgIpc) is 3.06. The van der Waals surface area contributed by atoms with Gasteiger partial charge in [-0.3, -0.25) is 0 Å². The zero-order valence-corrected chi connectivity index (χ0v) is 11.6. The quantitative estimate of drug-likeness (QED) is 0.921. The van der Waals surface area contributed by atoms with Crippen molar-refractivity contribution in [1.82, 2.24) is 20.1 Å². The molecule has 5 heteroatoms. The summed E-state index contributed by atoms with van der Waals surface area (Å²) in [6.45, 7) is 5.43. The van der Waals surface area contributed by atoms with Crippen molar-refractivity contribution < 1.29 is 0 Å². The molecule has 0 saturated heterocycles. The Morgan fingerprint density at radius 1 is 1.33 bits per heavy atom. The van der Waals surface area contributed by atoms with Crippen LogP contribution in [0.2, 0.25) is 0 Å². The van der Waals surface area contributed by atoms with E-state index in [0.717, 1.165) is 24.6 Å². The van der Waals surface area contributed by atoms with E-state index in [1.165, 1.54) is 11.3 Å². The molecular formula is C13H18N4S. The first kappa shape index (κ1) is 11.9. The third-order valence-corrected chi connectivity index (χ3v) is 4.55. The summed E-state index contributed by atoms with van der Waals surface area (Å²) in [5.41, 5.74) is 0. The van der Waals surface area contributed by atoms with Crippen LogP contribution < -0.4 is 5.32 Å². The van der Waals surface area contributed by atoms with Gasteiger partial charge >= 0.3 is 0 Å². The molecule has 0 spiro atoms. The summed E-state index contributed by atoms with van der Waals surface area (Å²) in [6, 6.07) is 4.86. The van der Waals surface area contributed by atoms with Gasteiger partial charge in [0.25, 0.3) is 0 Å². The van der Waals surface area contributed by atoms with Crippen molar-refractivity contribution in [2.24, 2.45) is 0 Å². The van der Waals surface area contributed by atoms with Crippen LogP contribution in [0.1, 0.15) is 48.9 Å². The zero-order chi connectivity index (χ0) is 12.5. The summed E-state index contributed by atoms with van der Waals surface area (Å²) >= 11 is 1.79.